The van der Waals surface area contributed by atoms with Crippen LogP contribution in [0.15, 0.2) is 60.9 Å². The molecule has 2 aromatic rings. The minimum atomic E-state index is -4.43. The summed E-state index contributed by atoms with van der Waals surface area (Å²) in [6.07, 6.45) is -0.316. The van der Waals surface area contributed by atoms with E-state index in [9.17, 15) is 22.8 Å². The molecule has 2 amide bonds. The van der Waals surface area contributed by atoms with E-state index in [0.717, 1.165) is 17.7 Å². The van der Waals surface area contributed by atoms with Crippen LogP contribution < -0.4 is 10.7 Å². The molecule has 2 aliphatic rings. The normalized spacial score (nSPS) is 19.9. The second kappa shape index (κ2) is 10.1. The summed E-state index contributed by atoms with van der Waals surface area (Å²) < 4.78 is 38.5. The first-order valence-corrected chi connectivity index (χ1v) is 11.7. The number of carbonyl (C=O) groups is 2. The van der Waals surface area contributed by atoms with Crippen molar-refractivity contribution in [3.05, 3.63) is 83.2 Å². The molecule has 2 unspecified atom stereocenters. The van der Waals surface area contributed by atoms with Crippen LogP contribution in [-0.2, 0) is 22.3 Å². The van der Waals surface area contributed by atoms with Gasteiger partial charge in [0.2, 0.25) is 5.91 Å². The van der Waals surface area contributed by atoms with Crippen LogP contribution >= 0.6 is 0 Å². The molecule has 2 heterocycles. The second-order valence-corrected chi connectivity index (χ2v) is 9.22. The van der Waals surface area contributed by atoms with Crippen molar-refractivity contribution in [2.75, 3.05) is 6.54 Å². The van der Waals surface area contributed by atoms with Gasteiger partial charge < -0.3 is 15.2 Å². The summed E-state index contributed by atoms with van der Waals surface area (Å²) in [7, 11) is 0. The summed E-state index contributed by atoms with van der Waals surface area (Å²) in [4.78, 5) is 26.8. The lowest BCUT2D eigenvalue weighted by atomic mass is 9.97. The highest BCUT2D eigenvalue weighted by Gasteiger charge is 2.40. The molecular formula is C26H29F3N4O2. The minimum Gasteiger partial charge on any atom is -0.352 e. The summed E-state index contributed by atoms with van der Waals surface area (Å²) in [5.41, 5.74) is 5.36. The molecule has 2 aliphatic heterocycles. The zero-order chi connectivity index (χ0) is 25.2. The Kier molecular flexibility index (Phi) is 7.16. The standard InChI is InChI=1S/C26H29F3N4O2/c1-17(2)19-6-8-20(9-7-19)22-15-23-25(35)32(12-13-33(23)31-22)11-10-24(34)30-16-18-4-3-5-21(14-18)26(27,28)29/h3-9,12-14,17,22-23,31H,10-11,15-16H2,1-2H3,(H,30,34). The lowest BCUT2D eigenvalue weighted by Gasteiger charge is -2.31. The number of amides is 2. The molecule has 0 aromatic heterocycles. The van der Waals surface area contributed by atoms with Crippen LogP contribution in [0, 0.1) is 0 Å². The van der Waals surface area contributed by atoms with Gasteiger partial charge in [-0.2, -0.15) is 13.2 Å². The van der Waals surface area contributed by atoms with Gasteiger partial charge >= 0.3 is 6.18 Å². The second-order valence-electron chi connectivity index (χ2n) is 9.22. The fourth-order valence-corrected chi connectivity index (χ4v) is 4.32. The van der Waals surface area contributed by atoms with Gasteiger partial charge in [0.15, 0.2) is 0 Å². The Morgan fingerprint density at radius 1 is 1.14 bits per heavy atom. The highest BCUT2D eigenvalue weighted by molar-refractivity contribution is 5.85. The largest absolute Gasteiger partial charge is 0.416 e. The summed E-state index contributed by atoms with van der Waals surface area (Å²) in [5, 5.41) is 4.44. The monoisotopic (exact) mass is 486 g/mol. The number of rotatable bonds is 7. The van der Waals surface area contributed by atoms with Gasteiger partial charge in [0, 0.05) is 31.9 Å². The molecule has 9 heteroatoms. The third kappa shape index (κ3) is 5.85. The highest BCUT2D eigenvalue weighted by Crippen LogP contribution is 2.32. The molecule has 0 bridgehead atoms. The zero-order valence-electron chi connectivity index (χ0n) is 19.7. The van der Waals surface area contributed by atoms with E-state index in [1.54, 1.807) is 12.4 Å². The number of benzene rings is 2. The predicted octanol–water partition coefficient (Wildman–Crippen LogP) is 4.47. The van der Waals surface area contributed by atoms with Crippen molar-refractivity contribution in [1.82, 2.24) is 20.7 Å². The van der Waals surface area contributed by atoms with Gasteiger partial charge in [0.05, 0.1) is 11.6 Å². The number of halogens is 3. The number of hydrogen-bond acceptors (Lipinski definition) is 4. The van der Waals surface area contributed by atoms with Crippen molar-refractivity contribution >= 4 is 11.8 Å². The van der Waals surface area contributed by atoms with Gasteiger partial charge in [0.25, 0.3) is 5.91 Å². The topological polar surface area (TPSA) is 64.7 Å². The lowest BCUT2D eigenvalue weighted by Crippen LogP contribution is -2.48. The van der Waals surface area contributed by atoms with Gasteiger partial charge in [-0.1, -0.05) is 50.2 Å². The summed E-state index contributed by atoms with van der Waals surface area (Å²) in [6.45, 7) is 4.48. The number of nitrogens with one attached hydrogen (secondary N) is 2. The molecule has 0 saturated carbocycles. The Labute approximate surface area is 202 Å². The average Bonchev–Trinajstić information content (AvgIpc) is 3.27. The van der Waals surface area contributed by atoms with Gasteiger partial charge in [0.1, 0.15) is 6.04 Å². The SMILES string of the molecule is CC(C)c1ccc(C2CC3C(=O)N(CCC(=O)NCc4cccc(C(F)(F)F)c4)C=CN3N2)cc1. The third-order valence-corrected chi connectivity index (χ3v) is 6.40. The van der Waals surface area contributed by atoms with E-state index in [-0.39, 0.29) is 43.4 Å². The maximum Gasteiger partial charge on any atom is 0.416 e. The quantitative estimate of drug-likeness (QED) is 0.606. The Morgan fingerprint density at radius 3 is 2.57 bits per heavy atom. The van der Waals surface area contributed by atoms with Gasteiger partial charge in [-0.25, -0.2) is 5.43 Å². The minimum absolute atomic E-state index is 0.00978. The maximum absolute atomic E-state index is 13.0. The lowest BCUT2D eigenvalue weighted by molar-refractivity contribution is -0.137. The van der Waals surface area contributed by atoms with Crippen molar-refractivity contribution in [1.29, 1.82) is 0 Å². The van der Waals surface area contributed by atoms with Crippen molar-refractivity contribution in [2.24, 2.45) is 0 Å². The molecule has 0 radical (unpaired) electrons. The van der Waals surface area contributed by atoms with E-state index in [4.69, 9.17) is 0 Å². The van der Waals surface area contributed by atoms with Gasteiger partial charge in [-0.15, -0.1) is 0 Å². The van der Waals surface area contributed by atoms with Crippen LogP contribution in [0.4, 0.5) is 13.2 Å². The van der Waals surface area contributed by atoms with E-state index in [0.29, 0.717) is 17.9 Å². The molecule has 4 rings (SSSR count). The van der Waals surface area contributed by atoms with Crippen LogP contribution in [0.3, 0.4) is 0 Å². The van der Waals surface area contributed by atoms with Crippen LogP contribution in [0.2, 0.25) is 0 Å². The number of nitrogens with zero attached hydrogens (tertiary/aromatic N) is 2. The summed E-state index contributed by atoms with van der Waals surface area (Å²) in [5.74, 6) is 0.0259. The zero-order valence-corrected chi connectivity index (χ0v) is 19.7. The molecule has 0 aliphatic carbocycles. The van der Waals surface area contributed by atoms with Crippen molar-refractivity contribution in [2.45, 2.75) is 57.4 Å². The van der Waals surface area contributed by atoms with E-state index in [1.165, 1.54) is 22.6 Å². The molecule has 2 atom stereocenters. The molecule has 35 heavy (non-hydrogen) atoms. The molecule has 6 nitrogen and oxygen atoms in total. The van der Waals surface area contributed by atoms with E-state index < -0.39 is 11.7 Å². The molecular weight excluding hydrogens is 457 g/mol. The van der Waals surface area contributed by atoms with Crippen LogP contribution in [0.1, 0.15) is 60.9 Å². The average molecular weight is 487 g/mol. The summed E-state index contributed by atoms with van der Waals surface area (Å²) in [6, 6.07) is 12.9. The Morgan fingerprint density at radius 2 is 1.89 bits per heavy atom. The fraction of sp³-hybridized carbons (Fsp3) is 0.385. The predicted molar refractivity (Wildman–Crippen MR) is 125 cm³/mol. The number of fused-ring (bicyclic) bond motifs is 1. The van der Waals surface area contributed by atoms with E-state index in [1.807, 2.05) is 5.01 Å². The fourth-order valence-electron chi connectivity index (χ4n) is 4.32. The molecule has 2 aromatic carbocycles. The molecule has 1 fully saturated rings. The van der Waals surface area contributed by atoms with E-state index in [2.05, 4.69) is 48.9 Å². The number of alkyl halides is 3. The van der Waals surface area contributed by atoms with Gasteiger partial charge in [-0.05, 0) is 41.2 Å². The van der Waals surface area contributed by atoms with Crippen molar-refractivity contribution in [3.63, 3.8) is 0 Å². The number of carbonyl (C=O) groups excluding carboxylic acids is 2. The first kappa shape index (κ1) is 24.8. The molecule has 186 valence electrons. The molecule has 0 spiro atoms. The van der Waals surface area contributed by atoms with Crippen LogP contribution in [-0.4, -0.2) is 34.3 Å². The van der Waals surface area contributed by atoms with Gasteiger partial charge in [-0.3, -0.25) is 9.59 Å². The maximum atomic E-state index is 13.0. The molecule has 2 N–H and O–H groups in total. The first-order chi connectivity index (χ1) is 16.6. The smallest absolute Gasteiger partial charge is 0.352 e. The van der Waals surface area contributed by atoms with Crippen molar-refractivity contribution < 1.29 is 22.8 Å². The Hall–Kier alpha value is -3.33. The Bertz CT molecular complexity index is 1100. The van der Waals surface area contributed by atoms with E-state index >= 15 is 0 Å². The highest BCUT2D eigenvalue weighted by atomic mass is 19.4. The van der Waals surface area contributed by atoms with Crippen molar-refractivity contribution in [3.8, 4) is 0 Å². The summed E-state index contributed by atoms with van der Waals surface area (Å²) >= 11 is 0. The Balaban J connectivity index is 1.27. The number of hydrogen-bond donors (Lipinski definition) is 2. The van der Waals surface area contributed by atoms with Crippen LogP contribution in [0.5, 0.6) is 0 Å². The number of hydrazine groups is 1. The third-order valence-electron chi connectivity index (χ3n) is 6.40. The first-order valence-electron chi connectivity index (χ1n) is 11.7. The van der Waals surface area contributed by atoms with Crippen LogP contribution in [0.25, 0.3) is 0 Å². The molecule has 1 saturated heterocycles.